The van der Waals surface area contributed by atoms with Crippen molar-refractivity contribution in [3.63, 3.8) is 0 Å². The number of amides is 1. The van der Waals surface area contributed by atoms with Gasteiger partial charge in [0.25, 0.3) is 5.91 Å². The SMILES string of the molecule is CCOCCNC(=O)c1cccc(CCN)c1. The lowest BCUT2D eigenvalue weighted by molar-refractivity contribution is 0.0922. The van der Waals surface area contributed by atoms with Crippen molar-refractivity contribution >= 4 is 5.91 Å². The van der Waals surface area contributed by atoms with Gasteiger partial charge in [-0.15, -0.1) is 0 Å². The van der Waals surface area contributed by atoms with E-state index in [0.29, 0.717) is 31.9 Å². The van der Waals surface area contributed by atoms with E-state index in [1.807, 2.05) is 25.1 Å². The molecule has 0 saturated heterocycles. The summed E-state index contributed by atoms with van der Waals surface area (Å²) in [5.74, 6) is -0.0661. The van der Waals surface area contributed by atoms with Crippen LogP contribution in [0.15, 0.2) is 24.3 Å². The zero-order valence-electron chi connectivity index (χ0n) is 10.2. The smallest absolute Gasteiger partial charge is 0.251 e. The summed E-state index contributed by atoms with van der Waals surface area (Å²) >= 11 is 0. The minimum Gasteiger partial charge on any atom is -0.380 e. The van der Waals surface area contributed by atoms with Crippen LogP contribution in [0.5, 0.6) is 0 Å². The zero-order chi connectivity index (χ0) is 12.5. The van der Waals surface area contributed by atoms with E-state index in [9.17, 15) is 4.79 Å². The van der Waals surface area contributed by atoms with Crippen LogP contribution >= 0.6 is 0 Å². The Balaban J connectivity index is 2.47. The molecule has 0 bridgehead atoms. The Morgan fingerprint density at radius 2 is 2.29 bits per heavy atom. The molecule has 0 aromatic heterocycles. The number of carbonyl (C=O) groups is 1. The fourth-order valence-corrected chi connectivity index (χ4v) is 1.52. The standard InChI is InChI=1S/C13H20N2O2/c1-2-17-9-8-15-13(16)12-5-3-4-11(10-12)6-7-14/h3-5,10H,2,6-9,14H2,1H3,(H,15,16). The molecular formula is C13H20N2O2. The number of hydrogen-bond acceptors (Lipinski definition) is 3. The largest absolute Gasteiger partial charge is 0.380 e. The Kier molecular flexibility index (Phi) is 6.29. The van der Waals surface area contributed by atoms with Gasteiger partial charge in [-0.25, -0.2) is 0 Å². The molecule has 3 N–H and O–H groups in total. The maximum atomic E-state index is 11.8. The molecule has 1 amide bonds. The predicted octanol–water partition coefficient (Wildman–Crippen LogP) is 0.954. The van der Waals surface area contributed by atoms with Crippen molar-refractivity contribution in [1.82, 2.24) is 5.32 Å². The minimum atomic E-state index is -0.0661. The second-order valence-electron chi connectivity index (χ2n) is 3.69. The first-order chi connectivity index (χ1) is 8.27. The molecule has 4 nitrogen and oxygen atoms in total. The predicted molar refractivity (Wildman–Crippen MR) is 68.0 cm³/mol. The van der Waals surface area contributed by atoms with Crippen molar-refractivity contribution in [3.8, 4) is 0 Å². The first-order valence-electron chi connectivity index (χ1n) is 5.93. The van der Waals surface area contributed by atoms with Crippen molar-refractivity contribution in [2.75, 3.05) is 26.3 Å². The summed E-state index contributed by atoms with van der Waals surface area (Å²) in [6.45, 7) is 4.27. The highest BCUT2D eigenvalue weighted by molar-refractivity contribution is 5.94. The van der Waals surface area contributed by atoms with Crippen LogP contribution < -0.4 is 11.1 Å². The molecule has 1 aromatic rings. The summed E-state index contributed by atoms with van der Waals surface area (Å²) in [7, 11) is 0. The van der Waals surface area contributed by atoms with E-state index in [1.165, 1.54) is 0 Å². The molecule has 0 aliphatic carbocycles. The molecule has 4 heteroatoms. The van der Waals surface area contributed by atoms with Gasteiger partial charge < -0.3 is 15.8 Å². The summed E-state index contributed by atoms with van der Waals surface area (Å²) in [5, 5.41) is 2.81. The molecule has 94 valence electrons. The Morgan fingerprint density at radius 1 is 1.47 bits per heavy atom. The monoisotopic (exact) mass is 236 g/mol. The highest BCUT2D eigenvalue weighted by atomic mass is 16.5. The van der Waals surface area contributed by atoms with Crippen LogP contribution in [0.4, 0.5) is 0 Å². The summed E-state index contributed by atoms with van der Waals surface area (Å²) in [6, 6.07) is 7.53. The maximum Gasteiger partial charge on any atom is 0.251 e. The third-order valence-electron chi connectivity index (χ3n) is 2.36. The third-order valence-corrected chi connectivity index (χ3v) is 2.36. The number of benzene rings is 1. The van der Waals surface area contributed by atoms with Gasteiger partial charge in [0.15, 0.2) is 0 Å². The molecule has 0 unspecified atom stereocenters. The van der Waals surface area contributed by atoms with E-state index in [1.54, 1.807) is 6.07 Å². The lowest BCUT2D eigenvalue weighted by atomic mass is 10.1. The second kappa shape index (κ2) is 7.81. The van der Waals surface area contributed by atoms with Crippen molar-refractivity contribution in [2.24, 2.45) is 5.73 Å². The van der Waals surface area contributed by atoms with Crippen molar-refractivity contribution < 1.29 is 9.53 Å². The molecule has 0 saturated carbocycles. The summed E-state index contributed by atoms with van der Waals surface area (Å²) in [5.41, 5.74) is 7.24. The van der Waals surface area contributed by atoms with E-state index in [4.69, 9.17) is 10.5 Å². The highest BCUT2D eigenvalue weighted by Crippen LogP contribution is 2.05. The Labute approximate surface area is 102 Å². The number of hydrogen-bond donors (Lipinski definition) is 2. The summed E-state index contributed by atoms with van der Waals surface area (Å²) < 4.78 is 5.15. The molecular weight excluding hydrogens is 216 g/mol. The number of ether oxygens (including phenoxy) is 1. The van der Waals surface area contributed by atoms with Gasteiger partial charge >= 0.3 is 0 Å². The number of carbonyl (C=O) groups excluding carboxylic acids is 1. The van der Waals surface area contributed by atoms with Crippen LogP contribution in [0.3, 0.4) is 0 Å². The number of rotatable bonds is 7. The molecule has 0 aliphatic heterocycles. The minimum absolute atomic E-state index is 0.0661. The highest BCUT2D eigenvalue weighted by Gasteiger charge is 2.04. The first kappa shape index (κ1) is 13.7. The normalized spacial score (nSPS) is 10.2. The molecule has 17 heavy (non-hydrogen) atoms. The lowest BCUT2D eigenvalue weighted by Gasteiger charge is -2.06. The Bertz CT molecular complexity index is 353. The van der Waals surface area contributed by atoms with E-state index in [-0.39, 0.29) is 5.91 Å². The molecule has 0 aliphatic rings. The van der Waals surface area contributed by atoms with Crippen LogP contribution in [-0.4, -0.2) is 32.2 Å². The molecule has 0 fully saturated rings. The van der Waals surface area contributed by atoms with E-state index < -0.39 is 0 Å². The van der Waals surface area contributed by atoms with Gasteiger partial charge in [0, 0.05) is 18.7 Å². The average molecular weight is 236 g/mol. The Morgan fingerprint density at radius 3 is 3.00 bits per heavy atom. The van der Waals surface area contributed by atoms with E-state index >= 15 is 0 Å². The van der Waals surface area contributed by atoms with E-state index in [2.05, 4.69) is 5.32 Å². The first-order valence-corrected chi connectivity index (χ1v) is 5.93. The van der Waals surface area contributed by atoms with Gasteiger partial charge in [-0.3, -0.25) is 4.79 Å². The quantitative estimate of drug-likeness (QED) is 0.693. The molecule has 1 rings (SSSR count). The van der Waals surface area contributed by atoms with Crippen LogP contribution in [0.1, 0.15) is 22.8 Å². The molecule has 0 atom stereocenters. The summed E-state index contributed by atoms with van der Waals surface area (Å²) in [6.07, 6.45) is 0.792. The third kappa shape index (κ3) is 4.97. The summed E-state index contributed by atoms with van der Waals surface area (Å²) in [4.78, 5) is 11.8. The molecule has 0 radical (unpaired) electrons. The maximum absolute atomic E-state index is 11.8. The van der Waals surface area contributed by atoms with Crippen LogP contribution in [0.2, 0.25) is 0 Å². The topological polar surface area (TPSA) is 64.3 Å². The number of nitrogens with two attached hydrogens (primary N) is 1. The van der Waals surface area contributed by atoms with Gasteiger partial charge in [-0.1, -0.05) is 12.1 Å². The fourth-order valence-electron chi connectivity index (χ4n) is 1.52. The van der Waals surface area contributed by atoms with Gasteiger partial charge in [0.1, 0.15) is 0 Å². The van der Waals surface area contributed by atoms with Crippen molar-refractivity contribution in [3.05, 3.63) is 35.4 Å². The van der Waals surface area contributed by atoms with Gasteiger partial charge in [-0.05, 0) is 37.6 Å². The zero-order valence-corrected chi connectivity index (χ0v) is 10.2. The van der Waals surface area contributed by atoms with Crippen molar-refractivity contribution in [1.29, 1.82) is 0 Å². The molecule has 1 aromatic carbocycles. The Hall–Kier alpha value is -1.39. The lowest BCUT2D eigenvalue weighted by Crippen LogP contribution is -2.27. The molecule has 0 spiro atoms. The average Bonchev–Trinajstić information content (AvgIpc) is 2.35. The van der Waals surface area contributed by atoms with Crippen LogP contribution in [0.25, 0.3) is 0 Å². The van der Waals surface area contributed by atoms with Crippen LogP contribution in [-0.2, 0) is 11.2 Å². The second-order valence-corrected chi connectivity index (χ2v) is 3.69. The number of nitrogens with one attached hydrogen (secondary N) is 1. The van der Waals surface area contributed by atoms with Gasteiger partial charge in [0.2, 0.25) is 0 Å². The van der Waals surface area contributed by atoms with Gasteiger partial charge in [-0.2, -0.15) is 0 Å². The van der Waals surface area contributed by atoms with Crippen LogP contribution in [0, 0.1) is 0 Å². The molecule has 0 heterocycles. The van der Waals surface area contributed by atoms with Gasteiger partial charge in [0.05, 0.1) is 6.61 Å². The van der Waals surface area contributed by atoms with Crippen molar-refractivity contribution in [2.45, 2.75) is 13.3 Å². The van der Waals surface area contributed by atoms with E-state index in [0.717, 1.165) is 12.0 Å². The fraction of sp³-hybridized carbons (Fsp3) is 0.462.